The summed E-state index contributed by atoms with van der Waals surface area (Å²) in [7, 11) is 1.72. The minimum Gasteiger partial charge on any atom is -0.374 e. The molecule has 1 aliphatic rings. The van der Waals surface area contributed by atoms with E-state index in [0.717, 1.165) is 43.7 Å². The first-order chi connectivity index (χ1) is 8.26. The minimum atomic E-state index is 0.0295. The van der Waals surface area contributed by atoms with Crippen LogP contribution >= 0.6 is 12.2 Å². The molecule has 0 aliphatic carbocycles. The Labute approximate surface area is 107 Å². The van der Waals surface area contributed by atoms with E-state index < -0.39 is 0 Å². The number of fused-ring (bicyclic) bond motifs is 1. The molecule has 0 radical (unpaired) electrons. The van der Waals surface area contributed by atoms with Gasteiger partial charge < -0.3 is 15.0 Å². The average Bonchev–Trinajstić information content (AvgIpc) is 2.36. The third-order valence-corrected chi connectivity index (χ3v) is 3.45. The first-order valence-corrected chi connectivity index (χ1v) is 6.52. The van der Waals surface area contributed by atoms with Crippen LogP contribution in [0.25, 0.3) is 0 Å². The highest BCUT2D eigenvalue weighted by Crippen LogP contribution is 2.21. The quantitative estimate of drug-likeness (QED) is 0.808. The van der Waals surface area contributed by atoms with E-state index in [9.17, 15) is 0 Å². The summed E-state index contributed by atoms with van der Waals surface area (Å²) in [6, 6.07) is 0. The van der Waals surface area contributed by atoms with Gasteiger partial charge in [0.2, 0.25) is 0 Å². The molecule has 5 heteroatoms. The predicted molar refractivity (Wildman–Crippen MR) is 69.5 cm³/mol. The first-order valence-electron chi connectivity index (χ1n) is 6.11. The van der Waals surface area contributed by atoms with Gasteiger partial charge >= 0.3 is 0 Å². The molecular formula is C12H19N3OS. The molecule has 1 unspecified atom stereocenters. The Kier molecular flexibility index (Phi) is 4.25. The van der Waals surface area contributed by atoms with E-state index >= 15 is 0 Å². The molecule has 94 valence electrons. The zero-order chi connectivity index (χ0) is 12.3. The molecule has 1 atom stereocenters. The molecule has 0 saturated carbocycles. The van der Waals surface area contributed by atoms with Crippen molar-refractivity contribution >= 4 is 12.2 Å². The maximum absolute atomic E-state index is 5.47. The van der Waals surface area contributed by atoms with Gasteiger partial charge in [0.1, 0.15) is 16.6 Å². The van der Waals surface area contributed by atoms with E-state index in [1.54, 1.807) is 7.11 Å². The Bertz CT molecular complexity index is 444. The van der Waals surface area contributed by atoms with E-state index in [0.29, 0.717) is 4.64 Å². The van der Waals surface area contributed by atoms with Crippen molar-refractivity contribution in [2.75, 3.05) is 13.7 Å². The lowest BCUT2D eigenvalue weighted by atomic mass is 10.1. The van der Waals surface area contributed by atoms with E-state index in [2.05, 4.69) is 22.2 Å². The van der Waals surface area contributed by atoms with Crippen LogP contribution in [0.3, 0.4) is 0 Å². The first kappa shape index (κ1) is 12.7. The molecule has 0 saturated heterocycles. The number of rotatable bonds is 4. The zero-order valence-electron chi connectivity index (χ0n) is 10.4. The zero-order valence-corrected chi connectivity index (χ0v) is 11.2. The molecule has 1 aromatic rings. The second-order valence-electron chi connectivity index (χ2n) is 4.32. The third kappa shape index (κ3) is 2.73. The topological polar surface area (TPSA) is 49.9 Å². The molecule has 0 aromatic carbocycles. The SMILES string of the molecule is CCCC(OC)c1nc(=S)c2c([nH]1)CCNC2. The maximum atomic E-state index is 5.47. The maximum Gasteiger partial charge on any atom is 0.137 e. The second kappa shape index (κ2) is 5.71. The Morgan fingerprint density at radius 3 is 3.06 bits per heavy atom. The van der Waals surface area contributed by atoms with Gasteiger partial charge in [0.05, 0.1) is 0 Å². The molecule has 2 heterocycles. The highest BCUT2D eigenvalue weighted by Gasteiger charge is 2.17. The van der Waals surface area contributed by atoms with Crippen LogP contribution in [0.2, 0.25) is 0 Å². The lowest BCUT2D eigenvalue weighted by molar-refractivity contribution is 0.0872. The van der Waals surface area contributed by atoms with Crippen molar-refractivity contribution in [2.45, 2.75) is 38.8 Å². The standard InChI is InChI=1S/C12H19N3OS/c1-3-4-10(16-2)11-14-9-5-6-13-7-8(9)12(17)15-11/h10,13H,3-7H2,1-2H3,(H,14,15,17). The monoisotopic (exact) mass is 253 g/mol. The van der Waals surface area contributed by atoms with Crippen LogP contribution in [0, 0.1) is 4.64 Å². The molecule has 0 amide bonds. The van der Waals surface area contributed by atoms with E-state index in [4.69, 9.17) is 17.0 Å². The molecule has 4 nitrogen and oxygen atoms in total. The third-order valence-electron chi connectivity index (χ3n) is 3.12. The largest absolute Gasteiger partial charge is 0.374 e. The number of H-pyrrole nitrogens is 1. The molecule has 0 bridgehead atoms. The molecule has 1 aromatic heterocycles. The number of aromatic nitrogens is 2. The minimum absolute atomic E-state index is 0.0295. The molecular weight excluding hydrogens is 234 g/mol. The van der Waals surface area contributed by atoms with Crippen LogP contribution in [-0.2, 0) is 17.7 Å². The fourth-order valence-electron chi connectivity index (χ4n) is 2.17. The number of aromatic amines is 1. The number of nitrogens with zero attached hydrogens (tertiary/aromatic N) is 1. The fraction of sp³-hybridized carbons (Fsp3) is 0.667. The van der Waals surface area contributed by atoms with Crippen LogP contribution in [0.15, 0.2) is 0 Å². The number of nitrogens with one attached hydrogen (secondary N) is 2. The predicted octanol–water partition coefficient (Wildman–Crippen LogP) is 2.27. The average molecular weight is 253 g/mol. The summed E-state index contributed by atoms with van der Waals surface area (Å²) in [5.41, 5.74) is 2.36. The molecule has 1 aliphatic heterocycles. The van der Waals surface area contributed by atoms with Gasteiger partial charge in [-0.2, -0.15) is 0 Å². The van der Waals surface area contributed by atoms with E-state index in [-0.39, 0.29) is 6.10 Å². The summed E-state index contributed by atoms with van der Waals surface area (Å²) in [6.45, 7) is 3.96. The number of ether oxygens (including phenoxy) is 1. The molecule has 17 heavy (non-hydrogen) atoms. The molecule has 0 spiro atoms. The second-order valence-corrected chi connectivity index (χ2v) is 4.71. The summed E-state index contributed by atoms with van der Waals surface area (Å²) < 4.78 is 6.17. The normalized spacial score (nSPS) is 16.6. The number of methoxy groups -OCH3 is 1. The Balaban J connectivity index is 2.36. The Morgan fingerprint density at radius 1 is 1.53 bits per heavy atom. The van der Waals surface area contributed by atoms with Gasteiger partial charge in [-0.3, -0.25) is 0 Å². The number of hydrogen-bond donors (Lipinski definition) is 2. The van der Waals surface area contributed by atoms with Crippen LogP contribution < -0.4 is 5.32 Å². The molecule has 2 rings (SSSR count). The van der Waals surface area contributed by atoms with Crippen molar-refractivity contribution < 1.29 is 4.74 Å². The van der Waals surface area contributed by atoms with Crippen molar-refractivity contribution in [2.24, 2.45) is 0 Å². The molecule has 0 fully saturated rings. The summed E-state index contributed by atoms with van der Waals surface area (Å²) in [5, 5.41) is 3.31. The van der Waals surface area contributed by atoms with Crippen LogP contribution in [0.4, 0.5) is 0 Å². The van der Waals surface area contributed by atoms with Crippen molar-refractivity contribution in [3.05, 3.63) is 21.7 Å². The Hall–Kier alpha value is -0.780. The van der Waals surface area contributed by atoms with Crippen LogP contribution in [0.1, 0.15) is 43.0 Å². The van der Waals surface area contributed by atoms with Gasteiger partial charge in [-0.05, 0) is 6.42 Å². The fourth-order valence-corrected chi connectivity index (χ4v) is 2.46. The van der Waals surface area contributed by atoms with E-state index in [1.807, 2.05) is 0 Å². The lowest BCUT2D eigenvalue weighted by Crippen LogP contribution is -2.26. The van der Waals surface area contributed by atoms with Gasteiger partial charge in [0.25, 0.3) is 0 Å². The smallest absolute Gasteiger partial charge is 0.137 e. The summed E-state index contributed by atoms with van der Waals surface area (Å²) >= 11 is 5.35. The lowest BCUT2D eigenvalue weighted by Gasteiger charge is -2.20. The van der Waals surface area contributed by atoms with Gasteiger partial charge in [-0.15, -0.1) is 0 Å². The van der Waals surface area contributed by atoms with Crippen molar-refractivity contribution in [1.29, 1.82) is 0 Å². The van der Waals surface area contributed by atoms with Gasteiger partial charge in [0, 0.05) is 37.9 Å². The Morgan fingerprint density at radius 2 is 2.35 bits per heavy atom. The van der Waals surface area contributed by atoms with Crippen molar-refractivity contribution in [1.82, 2.24) is 15.3 Å². The summed E-state index contributed by atoms with van der Waals surface area (Å²) in [6.07, 6.45) is 3.05. The number of hydrogen-bond acceptors (Lipinski definition) is 4. The summed E-state index contributed by atoms with van der Waals surface area (Å²) in [5.74, 6) is 0.875. The molecule has 2 N–H and O–H groups in total. The van der Waals surface area contributed by atoms with Crippen LogP contribution in [0.5, 0.6) is 0 Å². The van der Waals surface area contributed by atoms with Gasteiger partial charge in [0.15, 0.2) is 0 Å². The highest BCUT2D eigenvalue weighted by atomic mass is 32.1. The van der Waals surface area contributed by atoms with Gasteiger partial charge in [-0.1, -0.05) is 25.6 Å². The van der Waals surface area contributed by atoms with Crippen molar-refractivity contribution in [3.63, 3.8) is 0 Å². The highest BCUT2D eigenvalue weighted by molar-refractivity contribution is 7.71. The van der Waals surface area contributed by atoms with Gasteiger partial charge in [-0.25, -0.2) is 4.98 Å². The summed E-state index contributed by atoms with van der Waals surface area (Å²) in [4.78, 5) is 7.87. The van der Waals surface area contributed by atoms with Crippen molar-refractivity contribution in [3.8, 4) is 0 Å². The van der Waals surface area contributed by atoms with E-state index in [1.165, 1.54) is 5.69 Å². The van der Waals surface area contributed by atoms with Crippen LogP contribution in [-0.4, -0.2) is 23.6 Å².